The minimum absolute atomic E-state index is 0.587. The van der Waals surface area contributed by atoms with Gasteiger partial charge in [-0.25, -0.2) is 4.98 Å². The summed E-state index contributed by atoms with van der Waals surface area (Å²) in [5.41, 5.74) is 2.17. The molecule has 0 spiro atoms. The zero-order valence-corrected chi connectivity index (χ0v) is 14.6. The van der Waals surface area contributed by atoms with E-state index in [0.717, 1.165) is 22.1 Å². The zero-order chi connectivity index (χ0) is 14.0. The van der Waals surface area contributed by atoms with Gasteiger partial charge in [0, 0.05) is 36.4 Å². The summed E-state index contributed by atoms with van der Waals surface area (Å²) in [5, 5.41) is 1.15. The fourth-order valence-electron chi connectivity index (χ4n) is 1.94. The number of hydrogen-bond acceptors (Lipinski definition) is 2. The van der Waals surface area contributed by atoms with Gasteiger partial charge in [0.15, 0.2) is 0 Å². The van der Waals surface area contributed by atoms with Crippen LogP contribution >= 0.6 is 15.9 Å². The SMILES string of the molecule is Cc1cc2c(Br)ccnc2n1COCC[Si](C)(C)C. The highest BCUT2D eigenvalue weighted by atomic mass is 79.9. The van der Waals surface area contributed by atoms with Crippen molar-refractivity contribution in [3.05, 3.63) is 28.5 Å². The minimum Gasteiger partial charge on any atom is -0.361 e. The van der Waals surface area contributed by atoms with Crippen molar-refractivity contribution in [2.24, 2.45) is 0 Å². The molecule has 2 rings (SSSR count). The summed E-state index contributed by atoms with van der Waals surface area (Å²) in [6.45, 7) is 10.6. The molecule has 0 aliphatic rings. The molecule has 0 unspecified atom stereocenters. The number of pyridine rings is 1. The van der Waals surface area contributed by atoms with E-state index in [4.69, 9.17) is 4.74 Å². The fourth-order valence-corrected chi connectivity index (χ4v) is 3.11. The minimum atomic E-state index is -1.01. The average Bonchev–Trinajstić information content (AvgIpc) is 2.62. The second kappa shape index (κ2) is 5.77. The highest BCUT2D eigenvalue weighted by Crippen LogP contribution is 2.25. The second-order valence-electron chi connectivity index (χ2n) is 6.09. The van der Waals surface area contributed by atoms with Crippen LogP contribution in [-0.2, 0) is 11.5 Å². The van der Waals surface area contributed by atoms with Crippen LogP contribution in [0.1, 0.15) is 5.69 Å². The molecule has 3 nitrogen and oxygen atoms in total. The molecule has 2 heterocycles. The Hall–Kier alpha value is -0.653. The molecule has 2 aromatic rings. The largest absolute Gasteiger partial charge is 0.361 e. The Morgan fingerprint density at radius 3 is 2.79 bits per heavy atom. The summed E-state index contributed by atoms with van der Waals surface area (Å²) in [6.07, 6.45) is 1.82. The Balaban J connectivity index is 2.09. The van der Waals surface area contributed by atoms with E-state index < -0.39 is 8.07 Å². The van der Waals surface area contributed by atoms with E-state index in [-0.39, 0.29) is 0 Å². The molecule has 0 fully saturated rings. The number of halogens is 1. The zero-order valence-electron chi connectivity index (χ0n) is 12.0. The average molecular weight is 341 g/mol. The first kappa shape index (κ1) is 14.7. The number of hydrogen-bond donors (Lipinski definition) is 0. The molecule has 0 bridgehead atoms. The number of aromatic nitrogens is 2. The van der Waals surface area contributed by atoms with Crippen molar-refractivity contribution in [3.63, 3.8) is 0 Å². The molecule has 0 N–H and O–H groups in total. The van der Waals surface area contributed by atoms with E-state index in [0.29, 0.717) is 6.73 Å². The van der Waals surface area contributed by atoms with Crippen LogP contribution in [0.4, 0.5) is 0 Å². The smallest absolute Gasteiger partial charge is 0.143 e. The summed E-state index contributed by atoms with van der Waals surface area (Å²) in [4.78, 5) is 4.45. The first-order chi connectivity index (χ1) is 8.88. The lowest BCUT2D eigenvalue weighted by Gasteiger charge is -2.16. The molecule has 0 atom stereocenters. The van der Waals surface area contributed by atoms with Crippen molar-refractivity contribution in [2.45, 2.75) is 39.3 Å². The van der Waals surface area contributed by atoms with Crippen LogP contribution in [0.25, 0.3) is 11.0 Å². The Morgan fingerprint density at radius 1 is 1.37 bits per heavy atom. The van der Waals surface area contributed by atoms with Gasteiger partial charge in [0.25, 0.3) is 0 Å². The molecular formula is C14H21BrN2OSi. The van der Waals surface area contributed by atoms with Gasteiger partial charge in [-0.15, -0.1) is 0 Å². The van der Waals surface area contributed by atoms with Crippen LogP contribution in [0.5, 0.6) is 0 Å². The van der Waals surface area contributed by atoms with Crippen molar-refractivity contribution in [3.8, 4) is 0 Å². The van der Waals surface area contributed by atoms with Crippen LogP contribution in [0.15, 0.2) is 22.8 Å². The van der Waals surface area contributed by atoms with Crippen molar-refractivity contribution < 1.29 is 4.74 Å². The molecule has 2 aromatic heterocycles. The lowest BCUT2D eigenvalue weighted by atomic mass is 10.3. The standard InChI is InChI=1S/C14H21BrN2OSi/c1-11-9-12-13(15)5-6-16-14(12)17(11)10-18-7-8-19(2,3)4/h5-6,9H,7-8,10H2,1-4H3. The van der Waals surface area contributed by atoms with Crippen molar-refractivity contribution in [1.29, 1.82) is 0 Å². The second-order valence-corrected chi connectivity index (χ2v) is 12.6. The maximum atomic E-state index is 5.83. The van der Waals surface area contributed by atoms with Crippen LogP contribution in [0.2, 0.25) is 25.7 Å². The van der Waals surface area contributed by atoms with Gasteiger partial charge in [-0.1, -0.05) is 19.6 Å². The topological polar surface area (TPSA) is 27.1 Å². The number of nitrogens with zero attached hydrogens (tertiary/aromatic N) is 2. The van der Waals surface area contributed by atoms with Crippen LogP contribution in [0, 0.1) is 6.92 Å². The van der Waals surface area contributed by atoms with Gasteiger partial charge in [-0.05, 0) is 41.0 Å². The summed E-state index contributed by atoms with van der Waals surface area (Å²) >= 11 is 3.56. The summed E-state index contributed by atoms with van der Waals surface area (Å²) in [5.74, 6) is 0. The molecule has 0 aliphatic heterocycles. The molecule has 5 heteroatoms. The summed E-state index contributed by atoms with van der Waals surface area (Å²) in [6, 6.07) is 5.31. The number of rotatable bonds is 5. The molecule has 0 radical (unpaired) electrons. The van der Waals surface area contributed by atoms with E-state index in [9.17, 15) is 0 Å². The van der Waals surface area contributed by atoms with Crippen LogP contribution in [0.3, 0.4) is 0 Å². The van der Waals surface area contributed by atoms with Crippen molar-refractivity contribution >= 4 is 35.0 Å². The van der Waals surface area contributed by atoms with Crippen LogP contribution < -0.4 is 0 Å². The van der Waals surface area contributed by atoms with Gasteiger partial charge < -0.3 is 9.30 Å². The lowest BCUT2D eigenvalue weighted by molar-refractivity contribution is 0.0886. The maximum absolute atomic E-state index is 5.83. The van der Waals surface area contributed by atoms with Gasteiger partial charge in [-0.3, -0.25) is 0 Å². The third-order valence-electron chi connectivity index (χ3n) is 3.17. The Morgan fingerprint density at radius 2 is 2.11 bits per heavy atom. The van der Waals surface area contributed by atoms with Crippen LogP contribution in [-0.4, -0.2) is 24.2 Å². The number of aryl methyl sites for hydroxylation is 1. The first-order valence-electron chi connectivity index (χ1n) is 6.56. The lowest BCUT2D eigenvalue weighted by Crippen LogP contribution is -2.22. The molecule has 0 amide bonds. The molecule has 104 valence electrons. The quantitative estimate of drug-likeness (QED) is 0.595. The molecule has 0 aliphatic carbocycles. The molecule has 0 aromatic carbocycles. The number of ether oxygens (including phenoxy) is 1. The van der Waals surface area contributed by atoms with E-state index in [1.54, 1.807) is 0 Å². The Labute approximate surface area is 124 Å². The van der Waals surface area contributed by atoms with Gasteiger partial charge >= 0.3 is 0 Å². The molecular weight excluding hydrogens is 320 g/mol. The molecule has 0 saturated carbocycles. The third-order valence-corrected chi connectivity index (χ3v) is 5.56. The van der Waals surface area contributed by atoms with Crippen molar-refractivity contribution in [2.75, 3.05) is 6.61 Å². The Kier molecular flexibility index (Phi) is 4.48. The molecule has 19 heavy (non-hydrogen) atoms. The Bertz CT molecular complexity index is 575. The van der Waals surface area contributed by atoms with Gasteiger partial charge in [0.05, 0.1) is 0 Å². The van der Waals surface area contributed by atoms with E-state index >= 15 is 0 Å². The van der Waals surface area contributed by atoms with Gasteiger partial charge in [0.2, 0.25) is 0 Å². The maximum Gasteiger partial charge on any atom is 0.143 e. The summed E-state index contributed by atoms with van der Waals surface area (Å²) < 4.78 is 9.04. The van der Waals surface area contributed by atoms with E-state index in [1.807, 2.05) is 12.3 Å². The normalized spacial score (nSPS) is 12.3. The van der Waals surface area contributed by atoms with E-state index in [1.165, 1.54) is 11.7 Å². The fraction of sp³-hybridized carbons (Fsp3) is 0.500. The van der Waals surface area contributed by atoms with Gasteiger partial charge in [0.1, 0.15) is 12.4 Å². The number of fused-ring (bicyclic) bond motifs is 1. The monoisotopic (exact) mass is 340 g/mol. The predicted octanol–water partition coefficient (Wildman–Crippen LogP) is 4.42. The first-order valence-corrected chi connectivity index (χ1v) is 11.1. The highest BCUT2D eigenvalue weighted by Gasteiger charge is 2.13. The third kappa shape index (κ3) is 3.67. The highest BCUT2D eigenvalue weighted by molar-refractivity contribution is 9.10. The van der Waals surface area contributed by atoms with Gasteiger partial charge in [-0.2, -0.15) is 0 Å². The predicted molar refractivity (Wildman–Crippen MR) is 86.3 cm³/mol. The van der Waals surface area contributed by atoms with Crippen molar-refractivity contribution in [1.82, 2.24) is 9.55 Å². The summed E-state index contributed by atoms with van der Waals surface area (Å²) in [7, 11) is -1.01. The molecule has 0 saturated heterocycles. The van der Waals surface area contributed by atoms with E-state index in [2.05, 4.69) is 58.1 Å².